The molecule has 0 aliphatic heterocycles. The molecule has 1 aliphatic rings. The van der Waals surface area contributed by atoms with Crippen LogP contribution in [-0.2, 0) is 0 Å². The molecule has 0 fully saturated rings. The van der Waals surface area contributed by atoms with Gasteiger partial charge in [0.25, 0.3) is 0 Å². The van der Waals surface area contributed by atoms with Gasteiger partial charge in [0.1, 0.15) is 0 Å². The summed E-state index contributed by atoms with van der Waals surface area (Å²) >= 11 is 0. The monoisotopic (exact) mass is 908 g/mol. The average Bonchev–Trinajstić information content (AvgIpc) is 4.07. The Hall–Kier alpha value is -7.56. The van der Waals surface area contributed by atoms with Gasteiger partial charge in [0.2, 0.25) is 0 Å². The molecule has 1 aliphatic carbocycles. The zero-order chi connectivity index (χ0) is 48.3. The first kappa shape index (κ1) is 42.5. The molecule has 4 heterocycles. The summed E-state index contributed by atoms with van der Waals surface area (Å²) in [6.45, 7) is 27.1. The van der Waals surface area contributed by atoms with E-state index in [0.29, 0.717) is 0 Å². The highest BCUT2D eigenvalue weighted by atomic mass is 15.2. The largest absolute Gasteiger partial charge is 0.334 e. The van der Waals surface area contributed by atoms with Gasteiger partial charge in [0.05, 0.1) is 50.5 Å². The van der Waals surface area contributed by atoms with E-state index in [1.165, 1.54) is 171 Å². The van der Waals surface area contributed by atoms with E-state index in [2.05, 4.69) is 229 Å². The number of fused-ring (bicyclic) bond motifs is 12. The zero-order valence-electron chi connectivity index (χ0n) is 42.7. The fourth-order valence-corrected chi connectivity index (χ4v) is 12.7. The summed E-state index contributed by atoms with van der Waals surface area (Å²) in [4.78, 5) is 5.17. The lowest BCUT2D eigenvalue weighted by Crippen LogP contribution is -2.32. The van der Waals surface area contributed by atoms with Crippen molar-refractivity contribution in [2.75, 3.05) is 9.80 Å². The summed E-state index contributed by atoms with van der Waals surface area (Å²) in [7, 11) is 0. The molecule has 1 unspecified atom stereocenters. The first-order valence-corrected chi connectivity index (χ1v) is 25.2. The van der Waals surface area contributed by atoms with Crippen LogP contribution in [0.4, 0.5) is 28.4 Å². The molecule has 13 rings (SSSR count). The molecule has 4 heteroatoms. The van der Waals surface area contributed by atoms with Crippen LogP contribution in [0.5, 0.6) is 0 Å². The van der Waals surface area contributed by atoms with Gasteiger partial charge in [-0.05, 0) is 218 Å². The molecule has 0 spiro atoms. The van der Waals surface area contributed by atoms with Gasteiger partial charge in [-0.2, -0.15) is 0 Å². The molecule has 0 bridgehead atoms. The van der Waals surface area contributed by atoms with Crippen molar-refractivity contribution in [3.05, 3.63) is 194 Å². The number of aromatic nitrogens is 2. The van der Waals surface area contributed by atoms with Gasteiger partial charge < -0.3 is 18.6 Å². The summed E-state index contributed by atoms with van der Waals surface area (Å²) < 4.78 is 5.15. The van der Waals surface area contributed by atoms with Gasteiger partial charge in [-0.15, -0.1) is 0 Å². The van der Waals surface area contributed by atoms with Gasteiger partial charge in [-0.25, -0.2) is 0 Å². The predicted octanol–water partition coefficient (Wildman–Crippen LogP) is 18.4. The van der Waals surface area contributed by atoms with Crippen LogP contribution in [0, 0.1) is 62.3 Å². The van der Waals surface area contributed by atoms with Crippen molar-refractivity contribution in [1.82, 2.24) is 8.80 Å². The van der Waals surface area contributed by atoms with Crippen molar-refractivity contribution in [1.29, 1.82) is 0 Å². The Labute approximate surface area is 411 Å². The predicted molar refractivity (Wildman–Crippen MR) is 302 cm³/mol. The first-order valence-electron chi connectivity index (χ1n) is 25.2. The Morgan fingerprint density at radius 3 is 1.26 bits per heavy atom. The Morgan fingerprint density at radius 1 is 0.400 bits per heavy atom. The van der Waals surface area contributed by atoms with Gasteiger partial charge in [0.15, 0.2) is 0 Å². The number of hydrogen-bond acceptors (Lipinski definition) is 2. The number of rotatable bonds is 6. The Balaban J connectivity index is 1.07. The van der Waals surface area contributed by atoms with E-state index in [1.807, 2.05) is 0 Å². The highest BCUT2D eigenvalue weighted by molar-refractivity contribution is 6.31. The first-order chi connectivity index (χ1) is 33.7. The average molecular weight is 909 g/mol. The maximum atomic E-state index is 2.65. The van der Waals surface area contributed by atoms with E-state index in [0.717, 1.165) is 6.42 Å². The quantitative estimate of drug-likeness (QED) is 0.165. The molecule has 12 aromatic rings. The summed E-state index contributed by atoms with van der Waals surface area (Å²) in [6.07, 6.45) is 3.50. The molecule has 0 amide bonds. The van der Waals surface area contributed by atoms with Crippen molar-refractivity contribution in [3.8, 4) is 0 Å². The number of benzene rings is 8. The van der Waals surface area contributed by atoms with Crippen molar-refractivity contribution in [2.45, 2.75) is 95.5 Å². The number of hydrogen-bond donors (Lipinski definition) is 0. The number of aryl methyl sites for hydroxylation is 6. The molecule has 0 radical (unpaired) electrons. The normalized spacial score (nSPS) is 14.7. The maximum Gasteiger partial charge on any atom is 0.0621 e. The van der Waals surface area contributed by atoms with Crippen LogP contribution in [0.2, 0.25) is 0 Å². The number of anilines is 5. The Morgan fingerprint density at radius 2 is 0.800 bits per heavy atom. The van der Waals surface area contributed by atoms with E-state index in [9.17, 15) is 0 Å². The topological polar surface area (TPSA) is 15.3 Å². The third-order valence-electron chi connectivity index (χ3n) is 17.3. The molecule has 4 nitrogen and oxygen atoms in total. The van der Waals surface area contributed by atoms with E-state index >= 15 is 0 Å². The minimum absolute atomic E-state index is 0.184. The standard InChI is InChI=1S/C66H60N4/c1-35-25-47(26-36(2)43(35)9)67(48-27-37(3)44(10)38(4)28-48)57-21-15-23-59-63(57)53-19-13-17-51-55-34-62-56(33-61(55)69(59)65(51)53)52-18-14-20-54-64-58(22-16-24-60(64)70(62)66(52)54)68(49-29-39(5)45(11)40(6)30-49)50-31-41(7)46(12)42(8)32-50/h13-31,33-34,50H,32H2,1-12H3. The summed E-state index contributed by atoms with van der Waals surface area (Å²) in [6, 6.07) is 47.4. The van der Waals surface area contributed by atoms with Gasteiger partial charge >= 0.3 is 0 Å². The van der Waals surface area contributed by atoms with Crippen LogP contribution >= 0.6 is 0 Å². The molecule has 0 saturated carbocycles. The molecule has 344 valence electrons. The molecule has 0 saturated heterocycles. The van der Waals surface area contributed by atoms with Crippen LogP contribution in [0.25, 0.3) is 76.2 Å². The van der Waals surface area contributed by atoms with Crippen LogP contribution in [0.15, 0.2) is 144 Å². The van der Waals surface area contributed by atoms with Crippen molar-refractivity contribution >= 4 is 105 Å². The smallest absolute Gasteiger partial charge is 0.0621 e. The van der Waals surface area contributed by atoms with Crippen LogP contribution in [-0.4, -0.2) is 14.8 Å². The lowest BCUT2D eigenvalue weighted by molar-refractivity contribution is 0.741. The molecule has 0 N–H and O–H groups in total. The Bertz CT molecular complexity index is 4170. The van der Waals surface area contributed by atoms with E-state index in [1.54, 1.807) is 0 Å². The third kappa shape index (κ3) is 5.77. The second kappa shape index (κ2) is 15.0. The van der Waals surface area contributed by atoms with Gasteiger partial charge in [-0.3, -0.25) is 0 Å². The van der Waals surface area contributed by atoms with Gasteiger partial charge in [-0.1, -0.05) is 65.8 Å². The van der Waals surface area contributed by atoms with E-state index in [-0.39, 0.29) is 6.04 Å². The van der Waals surface area contributed by atoms with Crippen LogP contribution < -0.4 is 9.80 Å². The molecule has 1 atom stereocenters. The minimum Gasteiger partial charge on any atom is -0.334 e. The zero-order valence-corrected chi connectivity index (χ0v) is 42.7. The molecular formula is C66H60N4. The molecular weight excluding hydrogens is 849 g/mol. The highest BCUT2D eigenvalue weighted by Gasteiger charge is 2.30. The molecule has 8 aromatic carbocycles. The third-order valence-corrected chi connectivity index (χ3v) is 17.3. The van der Waals surface area contributed by atoms with E-state index < -0.39 is 0 Å². The minimum atomic E-state index is 0.184. The Kier molecular flexibility index (Phi) is 9.10. The van der Waals surface area contributed by atoms with Crippen molar-refractivity contribution in [2.24, 2.45) is 0 Å². The van der Waals surface area contributed by atoms with Crippen LogP contribution in [0.3, 0.4) is 0 Å². The lowest BCUT2D eigenvalue weighted by Gasteiger charge is -2.36. The van der Waals surface area contributed by atoms with Crippen molar-refractivity contribution in [3.63, 3.8) is 0 Å². The van der Waals surface area contributed by atoms with Crippen molar-refractivity contribution < 1.29 is 0 Å². The van der Waals surface area contributed by atoms with E-state index in [4.69, 9.17) is 0 Å². The summed E-state index contributed by atoms with van der Waals surface area (Å²) in [5, 5.41) is 10.3. The molecule has 4 aromatic heterocycles. The number of para-hydroxylation sites is 2. The summed E-state index contributed by atoms with van der Waals surface area (Å²) in [5.41, 5.74) is 29.8. The fourth-order valence-electron chi connectivity index (χ4n) is 12.7. The summed E-state index contributed by atoms with van der Waals surface area (Å²) in [5.74, 6) is 0. The molecule has 70 heavy (non-hydrogen) atoms. The second-order valence-electron chi connectivity index (χ2n) is 21.1. The number of allylic oxidation sites excluding steroid dienone is 2. The highest BCUT2D eigenvalue weighted by Crippen LogP contribution is 2.50. The van der Waals surface area contributed by atoms with Crippen LogP contribution in [0.1, 0.15) is 77.3 Å². The second-order valence-corrected chi connectivity index (χ2v) is 21.1. The number of nitrogens with zero attached hydrogens (tertiary/aromatic N) is 4. The SMILES string of the molecule is CC1=CC(N(c2cc(C)c(C)c(C)c2)c2cccc3c2c2cccc4c5cc6c(cc5n3c42)c2cccc3c4c(N(c5cc(C)c(C)c(C)c5)c5cc(C)c(C)c(C)c5)cccc4n6c23)CC(C)=C1C. The lowest BCUT2D eigenvalue weighted by atomic mass is 9.89. The maximum absolute atomic E-state index is 2.65. The van der Waals surface area contributed by atoms with Gasteiger partial charge in [0, 0.05) is 60.2 Å². The fraction of sp³-hybridized carbons (Fsp3) is 0.212.